The minimum Gasteiger partial charge on any atom is -0.369 e. The van der Waals surface area contributed by atoms with Crippen LogP contribution in [0, 0.1) is 23.2 Å². The summed E-state index contributed by atoms with van der Waals surface area (Å²) in [5.74, 6) is 7.13. The van der Waals surface area contributed by atoms with Gasteiger partial charge >= 0.3 is 0 Å². The zero-order valence-corrected chi connectivity index (χ0v) is 21.5. The number of fused-ring (bicyclic) bond motifs is 1. The van der Waals surface area contributed by atoms with Gasteiger partial charge in [0.15, 0.2) is 0 Å². The monoisotopic (exact) mass is 524 g/mol. The number of likely N-dealkylation sites (tertiary alicyclic amines) is 1. The van der Waals surface area contributed by atoms with Crippen molar-refractivity contribution in [2.24, 2.45) is 0 Å². The van der Waals surface area contributed by atoms with Crippen LogP contribution in [0.2, 0.25) is 5.02 Å². The van der Waals surface area contributed by atoms with Gasteiger partial charge in [-0.2, -0.15) is 5.26 Å². The number of rotatable bonds is 5. The second kappa shape index (κ2) is 10.9. The molecule has 0 radical (unpaired) electrons. The Morgan fingerprint density at radius 2 is 2.08 bits per heavy atom. The predicted molar refractivity (Wildman–Crippen MR) is 147 cm³/mol. The molecule has 1 unspecified atom stereocenters. The molecule has 1 aliphatic heterocycles. The third-order valence-corrected chi connectivity index (χ3v) is 6.90. The van der Waals surface area contributed by atoms with Gasteiger partial charge in [0.2, 0.25) is 5.95 Å². The molecule has 1 saturated heterocycles. The van der Waals surface area contributed by atoms with Crippen molar-refractivity contribution in [1.82, 2.24) is 24.3 Å². The second-order valence-electron chi connectivity index (χ2n) is 9.04. The molecule has 3 aromatic heterocycles. The molecule has 1 fully saturated rings. The zero-order chi connectivity index (χ0) is 26.6. The number of nitrogen functional groups attached to an aromatic ring is 1. The van der Waals surface area contributed by atoms with Gasteiger partial charge in [-0.25, -0.2) is 15.0 Å². The predicted octanol–water partition coefficient (Wildman–Crippen LogP) is 4.35. The van der Waals surface area contributed by atoms with E-state index in [9.17, 15) is 4.79 Å². The number of carbonyl (C=O) groups excluding carboxylic acids is 1. The third-order valence-electron chi connectivity index (χ3n) is 6.58. The molecule has 0 spiro atoms. The van der Waals surface area contributed by atoms with Gasteiger partial charge < -0.3 is 11.1 Å². The Balaban J connectivity index is 1.47. The normalized spacial score (nSPS) is 15.4. The molecule has 190 valence electrons. The van der Waals surface area contributed by atoms with Gasteiger partial charge in [-0.15, -0.1) is 5.92 Å². The lowest BCUT2D eigenvalue weighted by molar-refractivity contribution is 0.102. The molecule has 0 saturated carbocycles. The molecule has 5 rings (SSSR count). The number of nitriles is 1. The van der Waals surface area contributed by atoms with Crippen LogP contribution in [0.4, 0.5) is 11.8 Å². The lowest BCUT2D eigenvalue weighted by atomic mass is 9.94. The number of anilines is 2. The number of imidazole rings is 1. The van der Waals surface area contributed by atoms with E-state index in [1.165, 1.54) is 12.3 Å². The maximum atomic E-state index is 12.9. The van der Waals surface area contributed by atoms with Gasteiger partial charge in [0.1, 0.15) is 11.6 Å². The first-order valence-electron chi connectivity index (χ1n) is 12.2. The van der Waals surface area contributed by atoms with Gasteiger partial charge in [0, 0.05) is 30.4 Å². The Kier molecular flexibility index (Phi) is 7.23. The molecule has 0 aliphatic carbocycles. The van der Waals surface area contributed by atoms with Crippen LogP contribution >= 0.6 is 11.6 Å². The van der Waals surface area contributed by atoms with Crippen molar-refractivity contribution in [2.45, 2.75) is 25.7 Å². The molecule has 1 aromatic carbocycles. The van der Waals surface area contributed by atoms with E-state index in [0.717, 1.165) is 43.7 Å². The van der Waals surface area contributed by atoms with Crippen LogP contribution < -0.4 is 11.1 Å². The number of nitrogens with one attached hydrogen (secondary N) is 1. The van der Waals surface area contributed by atoms with Crippen LogP contribution in [0.1, 0.15) is 47.3 Å². The number of benzene rings is 1. The van der Waals surface area contributed by atoms with E-state index < -0.39 is 5.91 Å². The Labute approximate surface area is 225 Å². The van der Waals surface area contributed by atoms with Crippen LogP contribution in [0.5, 0.6) is 0 Å². The number of piperidine rings is 1. The SMILES string of the molecule is CC#CCN1CCCC(c2nc(-c3ccc(C(=O)Nc4cc(C#N)ccn4)c(Cl)c3)n3c(N)nccc23)C1. The van der Waals surface area contributed by atoms with Crippen molar-refractivity contribution in [1.29, 1.82) is 5.26 Å². The summed E-state index contributed by atoms with van der Waals surface area (Å²) in [6, 6.07) is 12.1. The number of amides is 1. The van der Waals surface area contributed by atoms with E-state index in [-0.39, 0.29) is 22.3 Å². The molecule has 38 heavy (non-hydrogen) atoms. The van der Waals surface area contributed by atoms with E-state index in [2.05, 4.69) is 32.0 Å². The fourth-order valence-corrected chi connectivity index (χ4v) is 5.05. The molecule has 1 aliphatic rings. The Bertz CT molecular complexity index is 1630. The Morgan fingerprint density at radius 3 is 2.87 bits per heavy atom. The number of nitrogens with two attached hydrogens (primary N) is 1. The Hall–Kier alpha value is -4.44. The van der Waals surface area contributed by atoms with Crippen molar-refractivity contribution in [3.05, 3.63) is 70.6 Å². The average molecular weight is 525 g/mol. The molecule has 1 amide bonds. The van der Waals surface area contributed by atoms with E-state index in [1.807, 2.05) is 23.5 Å². The smallest absolute Gasteiger partial charge is 0.258 e. The summed E-state index contributed by atoms with van der Waals surface area (Å²) in [6.07, 6.45) is 5.23. The summed E-state index contributed by atoms with van der Waals surface area (Å²) in [5, 5.41) is 12.0. The number of hydrogen-bond donors (Lipinski definition) is 2. The first-order chi connectivity index (χ1) is 18.5. The van der Waals surface area contributed by atoms with Crippen LogP contribution in [0.15, 0.2) is 48.8 Å². The summed E-state index contributed by atoms with van der Waals surface area (Å²) in [5.41, 5.74) is 9.55. The minimum atomic E-state index is -0.434. The molecular formula is C28H25ClN8O. The quantitative estimate of drug-likeness (QED) is 0.372. The lowest BCUT2D eigenvalue weighted by Gasteiger charge is -2.30. The van der Waals surface area contributed by atoms with Crippen LogP contribution in [0.25, 0.3) is 16.9 Å². The van der Waals surface area contributed by atoms with Crippen LogP contribution in [0.3, 0.4) is 0 Å². The molecule has 10 heteroatoms. The van der Waals surface area contributed by atoms with Gasteiger partial charge in [-0.05, 0) is 56.6 Å². The molecule has 3 N–H and O–H groups in total. The summed E-state index contributed by atoms with van der Waals surface area (Å²) in [4.78, 5) is 28.6. The topological polar surface area (TPSA) is 125 Å². The fraction of sp³-hybridized carbons (Fsp3) is 0.250. The van der Waals surface area contributed by atoms with Gasteiger partial charge in [-0.3, -0.25) is 14.1 Å². The van der Waals surface area contributed by atoms with Crippen LogP contribution in [-0.4, -0.2) is 49.8 Å². The Morgan fingerprint density at radius 1 is 1.24 bits per heavy atom. The van der Waals surface area contributed by atoms with E-state index in [0.29, 0.717) is 22.9 Å². The number of halogens is 1. The number of pyridine rings is 1. The highest BCUT2D eigenvalue weighted by Crippen LogP contribution is 2.34. The molecule has 4 aromatic rings. The first-order valence-corrected chi connectivity index (χ1v) is 12.6. The standard InChI is InChI=1S/C28H25ClN8O/c1-2-3-12-36-13-4-5-20(17-36)25-23-9-11-33-28(31)37(23)26(35-25)19-6-7-21(22(29)15-19)27(38)34-24-14-18(16-30)8-10-32-24/h6-11,14-15,20H,4-5,12-13,17H2,1H3,(H2,31,33)(H,32,34,38). The summed E-state index contributed by atoms with van der Waals surface area (Å²) < 4.78 is 1.84. The first kappa shape index (κ1) is 25.2. The highest BCUT2D eigenvalue weighted by Gasteiger charge is 2.27. The summed E-state index contributed by atoms with van der Waals surface area (Å²) in [6.45, 7) is 4.48. The molecular weight excluding hydrogens is 500 g/mol. The molecule has 9 nitrogen and oxygen atoms in total. The number of hydrogen-bond acceptors (Lipinski definition) is 7. The van der Waals surface area contributed by atoms with Crippen molar-refractivity contribution >= 4 is 34.8 Å². The summed E-state index contributed by atoms with van der Waals surface area (Å²) in [7, 11) is 0. The van der Waals surface area contributed by atoms with Gasteiger partial charge in [0.25, 0.3) is 5.91 Å². The van der Waals surface area contributed by atoms with Crippen molar-refractivity contribution in [2.75, 3.05) is 30.7 Å². The second-order valence-corrected chi connectivity index (χ2v) is 9.44. The minimum absolute atomic E-state index is 0.227. The number of nitrogens with zero attached hydrogens (tertiary/aromatic N) is 6. The zero-order valence-electron chi connectivity index (χ0n) is 20.8. The van der Waals surface area contributed by atoms with Crippen molar-refractivity contribution < 1.29 is 4.79 Å². The molecule has 4 heterocycles. The van der Waals surface area contributed by atoms with Gasteiger partial charge in [-0.1, -0.05) is 23.6 Å². The third kappa shape index (κ3) is 5.03. The molecule has 0 bridgehead atoms. The van der Waals surface area contributed by atoms with Gasteiger partial charge in [0.05, 0.1) is 40.0 Å². The van der Waals surface area contributed by atoms with E-state index >= 15 is 0 Å². The van der Waals surface area contributed by atoms with Crippen molar-refractivity contribution in [3.8, 4) is 29.3 Å². The highest BCUT2D eigenvalue weighted by atomic mass is 35.5. The number of aromatic nitrogens is 4. The van der Waals surface area contributed by atoms with Crippen molar-refractivity contribution in [3.63, 3.8) is 0 Å². The number of carbonyl (C=O) groups is 1. The summed E-state index contributed by atoms with van der Waals surface area (Å²) >= 11 is 6.58. The van der Waals surface area contributed by atoms with E-state index in [4.69, 9.17) is 27.6 Å². The molecule has 1 atom stereocenters. The van der Waals surface area contributed by atoms with Crippen LogP contribution in [-0.2, 0) is 0 Å². The highest BCUT2D eigenvalue weighted by molar-refractivity contribution is 6.34. The van der Waals surface area contributed by atoms with E-state index in [1.54, 1.807) is 30.5 Å². The maximum Gasteiger partial charge on any atom is 0.258 e. The average Bonchev–Trinajstić information content (AvgIpc) is 3.33. The largest absolute Gasteiger partial charge is 0.369 e. The lowest BCUT2D eigenvalue weighted by Crippen LogP contribution is -2.34. The fourth-order valence-electron chi connectivity index (χ4n) is 4.78. The maximum absolute atomic E-state index is 12.9.